The first-order chi connectivity index (χ1) is 11.2. The number of nitrogens with zero attached hydrogens (tertiary/aromatic N) is 1. The Hall–Kier alpha value is -2.34. The zero-order valence-corrected chi connectivity index (χ0v) is 14.2. The highest BCUT2D eigenvalue weighted by molar-refractivity contribution is 7.09. The molecule has 0 saturated carbocycles. The number of aryl methyl sites for hydroxylation is 1. The molecule has 1 amide bonds. The molecule has 1 aromatic carbocycles. The van der Waals surface area contributed by atoms with Gasteiger partial charge in [0.05, 0.1) is 13.1 Å². The number of rotatable bonds is 6. The molecule has 0 bridgehead atoms. The smallest absolute Gasteiger partial charge is 0.243 e. The third kappa shape index (κ3) is 5.75. The van der Waals surface area contributed by atoms with Gasteiger partial charge < -0.3 is 16.0 Å². The standard InChI is InChI=1S/C17H22N4OS/c1-3-13-6-4-7-14(10-13)21-16(22)12-20-17(18-2)19-11-15-8-5-9-23-15/h4-10H,3,11-12H2,1-2H3,(H,21,22)(H2,18,19,20). The summed E-state index contributed by atoms with van der Waals surface area (Å²) >= 11 is 1.68. The van der Waals surface area contributed by atoms with Crippen molar-refractivity contribution in [3.8, 4) is 0 Å². The molecule has 0 aliphatic rings. The second kappa shape index (κ2) is 8.95. The van der Waals surface area contributed by atoms with Gasteiger partial charge in [-0.1, -0.05) is 25.1 Å². The third-order valence-electron chi connectivity index (χ3n) is 3.27. The van der Waals surface area contributed by atoms with Crippen molar-refractivity contribution in [2.24, 2.45) is 4.99 Å². The fraction of sp³-hybridized carbons (Fsp3) is 0.294. The van der Waals surface area contributed by atoms with E-state index >= 15 is 0 Å². The highest BCUT2D eigenvalue weighted by Gasteiger charge is 2.05. The Balaban J connectivity index is 1.77. The van der Waals surface area contributed by atoms with Crippen LogP contribution >= 0.6 is 11.3 Å². The minimum Gasteiger partial charge on any atom is -0.352 e. The lowest BCUT2D eigenvalue weighted by Crippen LogP contribution is -2.40. The molecule has 6 heteroatoms. The number of amides is 1. The van der Waals surface area contributed by atoms with E-state index in [1.165, 1.54) is 10.4 Å². The topological polar surface area (TPSA) is 65.5 Å². The first-order valence-electron chi connectivity index (χ1n) is 7.57. The lowest BCUT2D eigenvalue weighted by Gasteiger charge is -2.11. The van der Waals surface area contributed by atoms with E-state index in [2.05, 4.69) is 33.9 Å². The van der Waals surface area contributed by atoms with Crippen molar-refractivity contribution in [3.05, 3.63) is 52.2 Å². The molecule has 122 valence electrons. The predicted octanol–water partition coefficient (Wildman–Crippen LogP) is 2.61. The quantitative estimate of drug-likeness (QED) is 0.563. The number of nitrogens with one attached hydrogen (secondary N) is 3. The zero-order valence-electron chi connectivity index (χ0n) is 13.4. The van der Waals surface area contributed by atoms with Gasteiger partial charge >= 0.3 is 0 Å². The van der Waals surface area contributed by atoms with Gasteiger partial charge in [0.1, 0.15) is 0 Å². The molecule has 5 nitrogen and oxygen atoms in total. The van der Waals surface area contributed by atoms with Gasteiger partial charge in [0.25, 0.3) is 0 Å². The summed E-state index contributed by atoms with van der Waals surface area (Å²) in [5.41, 5.74) is 2.02. The second-order valence-corrected chi connectivity index (χ2v) is 5.99. The summed E-state index contributed by atoms with van der Waals surface area (Å²) in [4.78, 5) is 17.3. The number of anilines is 1. The minimum absolute atomic E-state index is 0.0997. The number of hydrogen-bond acceptors (Lipinski definition) is 3. The van der Waals surface area contributed by atoms with Crippen molar-refractivity contribution in [1.29, 1.82) is 0 Å². The molecule has 0 fully saturated rings. The van der Waals surface area contributed by atoms with E-state index in [0.29, 0.717) is 12.5 Å². The van der Waals surface area contributed by atoms with E-state index in [9.17, 15) is 4.79 Å². The summed E-state index contributed by atoms with van der Waals surface area (Å²) in [6.45, 7) is 2.95. The Bertz CT molecular complexity index is 652. The summed E-state index contributed by atoms with van der Waals surface area (Å²) in [5.74, 6) is 0.508. The van der Waals surface area contributed by atoms with Crippen LogP contribution in [-0.4, -0.2) is 25.5 Å². The Labute approximate surface area is 140 Å². The van der Waals surface area contributed by atoms with E-state index < -0.39 is 0 Å². The molecule has 1 heterocycles. The Morgan fingerprint density at radius 3 is 2.78 bits per heavy atom. The fourth-order valence-electron chi connectivity index (χ4n) is 2.04. The SMILES string of the molecule is CCc1cccc(NC(=O)CNC(=NC)NCc2cccs2)c1. The van der Waals surface area contributed by atoms with Crippen LogP contribution in [0.4, 0.5) is 5.69 Å². The number of thiophene rings is 1. The Morgan fingerprint density at radius 1 is 1.22 bits per heavy atom. The molecule has 2 rings (SSSR count). The molecule has 0 aliphatic heterocycles. The van der Waals surface area contributed by atoms with Crippen LogP contribution in [0.2, 0.25) is 0 Å². The molecule has 23 heavy (non-hydrogen) atoms. The van der Waals surface area contributed by atoms with E-state index in [4.69, 9.17) is 0 Å². The molecule has 0 saturated heterocycles. The van der Waals surface area contributed by atoms with E-state index in [1.54, 1.807) is 18.4 Å². The lowest BCUT2D eigenvalue weighted by molar-refractivity contribution is -0.115. The van der Waals surface area contributed by atoms with Crippen LogP contribution in [0.1, 0.15) is 17.4 Å². The molecule has 0 atom stereocenters. The third-order valence-corrected chi connectivity index (χ3v) is 4.15. The number of carbonyl (C=O) groups excluding carboxylic acids is 1. The van der Waals surface area contributed by atoms with Crippen LogP contribution in [0.3, 0.4) is 0 Å². The summed E-state index contributed by atoms with van der Waals surface area (Å²) in [5, 5.41) is 11.1. The van der Waals surface area contributed by atoms with Crippen LogP contribution in [0.5, 0.6) is 0 Å². The van der Waals surface area contributed by atoms with Gasteiger partial charge in [-0.2, -0.15) is 0 Å². The molecule has 0 radical (unpaired) electrons. The molecule has 1 aromatic heterocycles. The van der Waals surface area contributed by atoms with Crippen molar-refractivity contribution in [2.45, 2.75) is 19.9 Å². The largest absolute Gasteiger partial charge is 0.352 e. The van der Waals surface area contributed by atoms with Crippen molar-refractivity contribution >= 4 is 28.9 Å². The highest BCUT2D eigenvalue weighted by atomic mass is 32.1. The molecule has 0 aliphatic carbocycles. The van der Waals surface area contributed by atoms with Crippen molar-refractivity contribution in [3.63, 3.8) is 0 Å². The average Bonchev–Trinajstić information content (AvgIpc) is 3.08. The predicted molar refractivity (Wildman–Crippen MR) is 97.0 cm³/mol. The second-order valence-electron chi connectivity index (χ2n) is 4.96. The van der Waals surface area contributed by atoms with Gasteiger partial charge in [-0.3, -0.25) is 9.79 Å². The molecule has 0 spiro atoms. The number of guanidine groups is 1. The normalized spacial score (nSPS) is 11.1. The molecule has 2 aromatic rings. The average molecular weight is 330 g/mol. The summed E-state index contributed by atoms with van der Waals surface area (Å²) in [6, 6.07) is 11.9. The maximum Gasteiger partial charge on any atom is 0.243 e. The monoisotopic (exact) mass is 330 g/mol. The van der Waals surface area contributed by atoms with E-state index in [-0.39, 0.29) is 12.5 Å². The number of aliphatic imine (C=N–C) groups is 1. The highest BCUT2D eigenvalue weighted by Crippen LogP contribution is 2.10. The summed E-state index contributed by atoms with van der Waals surface area (Å²) < 4.78 is 0. The Kier molecular flexibility index (Phi) is 6.62. The van der Waals surface area contributed by atoms with Crippen molar-refractivity contribution in [1.82, 2.24) is 10.6 Å². The number of benzene rings is 1. The van der Waals surface area contributed by atoms with Gasteiger partial charge in [-0.15, -0.1) is 11.3 Å². The summed E-state index contributed by atoms with van der Waals surface area (Å²) in [7, 11) is 1.69. The van der Waals surface area contributed by atoms with Crippen LogP contribution in [0, 0.1) is 0 Å². The van der Waals surface area contributed by atoms with Gasteiger partial charge in [0.2, 0.25) is 5.91 Å². The molecular formula is C17H22N4OS. The van der Waals surface area contributed by atoms with Gasteiger partial charge in [-0.25, -0.2) is 0 Å². The minimum atomic E-state index is -0.0997. The van der Waals surface area contributed by atoms with Crippen molar-refractivity contribution in [2.75, 3.05) is 18.9 Å². The fourth-order valence-corrected chi connectivity index (χ4v) is 2.69. The number of hydrogen-bond donors (Lipinski definition) is 3. The van der Waals surface area contributed by atoms with Gasteiger partial charge in [-0.05, 0) is 35.6 Å². The van der Waals surface area contributed by atoms with E-state index in [0.717, 1.165) is 12.1 Å². The molecular weight excluding hydrogens is 308 g/mol. The first-order valence-corrected chi connectivity index (χ1v) is 8.45. The Morgan fingerprint density at radius 2 is 2.09 bits per heavy atom. The molecule has 0 unspecified atom stereocenters. The maximum atomic E-state index is 12.0. The van der Waals surface area contributed by atoms with Crippen LogP contribution in [0.15, 0.2) is 46.8 Å². The lowest BCUT2D eigenvalue weighted by atomic mass is 10.1. The van der Waals surface area contributed by atoms with Crippen LogP contribution < -0.4 is 16.0 Å². The van der Waals surface area contributed by atoms with Crippen LogP contribution in [-0.2, 0) is 17.8 Å². The summed E-state index contributed by atoms with van der Waals surface area (Å²) in [6.07, 6.45) is 0.946. The van der Waals surface area contributed by atoms with Gasteiger partial charge in [0, 0.05) is 17.6 Å². The van der Waals surface area contributed by atoms with Crippen LogP contribution in [0.25, 0.3) is 0 Å². The van der Waals surface area contributed by atoms with Crippen molar-refractivity contribution < 1.29 is 4.79 Å². The van der Waals surface area contributed by atoms with E-state index in [1.807, 2.05) is 35.7 Å². The first kappa shape index (κ1) is 17.0. The van der Waals surface area contributed by atoms with Gasteiger partial charge in [0.15, 0.2) is 5.96 Å². The molecule has 3 N–H and O–H groups in total. The maximum absolute atomic E-state index is 12.0. The number of carbonyl (C=O) groups is 1. The zero-order chi connectivity index (χ0) is 16.5.